The van der Waals surface area contributed by atoms with Crippen LogP contribution in [-0.4, -0.2) is 42.3 Å². The topological polar surface area (TPSA) is 129 Å². The number of rotatable bonds is 9. The quantitative estimate of drug-likeness (QED) is 0.198. The standard InChI is InChI=1S/C32H31N5O4S/c33-18-25-3-1-2-4-29(25)22-9-11-24(12-10-22)31-40-28(17-30(41-31)23-7-5-21(19-38)6-8-23)20-42-32-34-35-36-37(32)26-13-15-27(39)16-14-26/h1-16,28,30-31,38-39H,17-20,33H2. The Hall–Kier alpha value is -4.06. The molecule has 5 aromatic rings. The zero-order valence-electron chi connectivity index (χ0n) is 22.8. The third-order valence-electron chi connectivity index (χ3n) is 7.28. The van der Waals surface area contributed by atoms with E-state index in [2.05, 4.69) is 33.7 Å². The molecule has 0 radical (unpaired) electrons. The molecule has 1 aliphatic heterocycles. The first-order chi connectivity index (χ1) is 20.6. The van der Waals surface area contributed by atoms with Gasteiger partial charge >= 0.3 is 0 Å². The fourth-order valence-electron chi connectivity index (χ4n) is 5.01. The van der Waals surface area contributed by atoms with Gasteiger partial charge in [0.05, 0.1) is 24.5 Å². The van der Waals surface area contributed by atoms with Crippen molar-refractivity contribution in [2.75, 3.05) is 5.75 Å². The Morgan fingerprint density at radius 3 is 2.36 bits per heavy atom. The number of nitrogens with two attached hydrogens (primary N) is 1. The highest BCUT2D eigenvalue weighted by Crippen LogP contribution is 2.40. The molecule has 1 fully saturated rings. The Kier molecular flexibility index (Phi) is 8.59. The maximum absolute atomic E-state index is 9.65. The van der Waals surface area contributed by atoms with Crippen molar-refractivity contribution in [3.05, 3.63) is 119 Å². The SMILES string of the molecule is NCc1ccccc1-c1ccc(C2OC(CSc3nnnn3-c3ccc(O)cc3)CC(c3ccc(CO)cc3)O2)cc1. The van der Waals surface area contributed by atoms with Gasteiger partial charge in [-0.25, -0.2) is 0 Å². The zero-order valence-corrected chi connectivity index (χ0v) is 23.6. The highest BCUT2D eigenvalue weighted by atomic mass is 32.2. The van der Waals surface area contributed by atoms with Gasteiger partial charge in [-0.15, -0.1) is 5.10 Å². The normalized spacial score (nSPS) is 18.7. The summed E-state index contributed by atoms with van der Waals surface area (Å²) in [7, 11) is 0. The van der Waals surface area contributed by atoms with Gasteiger partial charge in [0.2, 0.25) is 5.16 Å². The molecule has 9 nitrogen and oxygen atoms in total. The summed E-state index contributed by atoms with van der Waals surface area (Å²) in [6.07, 6.45) is -0.282. The predicted octanol–water partition coefficient (Wildman–Crippen LogP) is 5.32. The molecule has 4 aromatic carbocycles. The van der Waals surface area contributed by atoms with E-state index in [1.165, 1.54) is 11.8 Å². The number of aliphatic hydroxyl groups excluding tert-OH is 1. The summed E-state index contributed by atoms with van der Waals surface area (Å²) in [4.78, 5) is 0. The lowest BCUT2D eigenvalue weighted by Crippen LogP contribution is -2.31. The molecule has 4 N–H and O–H groups in total. The smallest absolute Gasteiger partial charge is 0.214 e. The summed E-state index contributed by atoms with van der Waals surface area (Å²) in [5.74, 6) is 0.781. The number of benzene rings is 4. The molecule has 0 saturated carbocycles. The summed E-state index contributed by atoms with van der Waals surface area (Å²) in [5, 5.41) is 32.0. The van der Waals surface area contributed by atoms with Crippen LogP contribution in [0.25, 0.3) is 16.8 Å². The molecule has 3 unspecified atom stereocenters. The van der Waals surface area contributed by atoms with Gasteiger partial charge in [0.25, 0.3) is 0 Å². The van der Waals surface area contributed by atoms with Gasteiger partial charge in [-0.05, 0) is 62.5 Å². The first-order valence-corrected chi connectivity index (χ1v) is 14.7. The number of thioether (sulfide) groups is 1. The summed E-state index contributed by atoms with van der Waals surface area (Å²) < 4.78 is 14.7. The van der Waals surface area contributed by atoms with E-state index in [0.29, 0.717) is 23.9 Å². The average Bonchev–Trinajstić information content (AvgIpc) is 3.53. The molecule has 214 valence electrons. The van der Waals surface area contributed by atoms with Crippen LogP contribution in [0.4, 0.5) is 0 Å². The van der Waals surface area contributed by atoms with Crippen molar-refractivity contribution >= 4 is 11.8 Å². The van der Waals surface area contributed by atoms with Crippen molar-refractivity contribution < 1.29 is 19.7 Å². The summed E-state index contributed by atoms with van der Waals surface area (Å²) in [5.41, 5.74) is 12.8. The van der Waals surface area contributed by atoms with Gasteiger partial charge in [-0.1, -0.05) is 84.6 Å². The van der Waals surface area contributed by atoms with Gasteiger partial charge in [-0.3, -0.25) is 0 Å². The molecule has 3 atom stereocenters. The van der Waals surface area contributed by atoms with E-state index in [4.69, 9.17) is 15.2 Å². The van der Waals surface area contributed by atoms with E-state index in [-0.39, 0.29) is 24.6 Å². The lowest BCUT2D eigenvalue weighted by Gasteiger charge is -2.36. The molecular weight excluding hydrogens is 550 g/mol. The molecule has 0 spiro atoms. The van der Waals surface area contributed by atoms with Crippen LogP contribution in [0.5, 0.6) is 5.75 Å². The maximum Gasteiger partial charge on any atom is 0.214 e. The fraction of sp³-hybridized carbons (Fsp3) is 0.219. The van der Waals surface area contributed by atoms with Crippen LogP contribution in [0.15, 0.2) is 102 Å². The highest BCUT2D eigenvalue weighted by Gasteiger charge is 2.32. The van der Waals surface area contributed by atoms with E-state index in [1.807, 2.05) is 54.6 Å². The number of ether oxygens (including phenoxy) is 2. The molecule has 1 aliphatic rings. The Labute approximate surface area is 247 Å². The number of phenolic OH excluding ortho intramolecular Hbond substituents is 1. The van der Waals surface area contributed by atoms with Gasteiger partial charge in [-0.2, -0.15) is 4.68 Å². The second-order valence-electron chi connectivity index (χ2n) is 10.0. The van der Waals surface area contributed by atoms with Gasteiger partial charge in [0.15, 0.2) is 6.29 Å². The third kappa shape index (κ3) is 6.23. The van der Waals surface area contributed by atoms with Crippen molar-refractivity contribution in [3.8, 4) is 22.6 Å². The summed E-state index contributed by atoms with van der Waals surface area (Å²) in [6, 6.07) is 30.9. The number of hydrogen-bond donors (Lipinski definition) is 3. The van der Waals surface area contributed by atoms with E-state index >= 15 is 0 Å². The first kappa shape index (κ1) is 28.1. The predicted molar refractivity (Wildman–Crippen MR) is 160 cm³/mol. The number of aromatic nitrogens is 4. The van der Waals surface area contributed by atoms with Gasteiger partial charge in [0, 0.05) is 24.3 Å². The van der Waals surface area contributed by atoms with Crippen LogP contribution in [0.3, 0.4) is 0 Å². The number of tetrazole rings is 1. The molecule has 6 rings (SSSR count). The van der Waals surface area contributed by atoms with Gasteiger partial charge in [0.1, 0.15) is 5.75 Å². The average molecular weight is 582 g/mol. The Morgan fingerprint density at radius 2 is 1.62 bits per heavy atom. The van der Waals surface area contributed by atoms with Crippen molar-refractivity contribution in [1.29, 1.82) is 0 Å². The van der Waals surface area contributed by atoms with E-state index in [9.17, 15) is 10.2 Å². The van der Waals surface area contributed by atoms with Crippen LogP contribution >= 0.6 is 11.8 Å². The largest absolute Gasteiger partial charge is 0.508 e. The van der Waals surface area contributed by atoms with Crippen molar-refractivity contribution in [2.24, 2.45) is 5.73 Å². The first-order valence-electron chi connectivity index (χ1n) is 13.7. The number of nitrogens with zero attached hydrogens (tertiary/aromatic N) is 4. The Balaban J connectivity index is 1.23. The number of aliphatic hydroxyl groups is 1. The Morgan fingerprint density at radius 1 is 0.881 bits per heavy atom. The zero-order chi connectivity index (χ0) is 28.9. The van der Waals surface area contributed by atoms with Crippen LogP contribution in [-0.2, 0) is 22.6 Å². The summed E-state index contributed by atoms with van der Waals surface area (Å²) >= 11 is 1.50. The minimum Gasteiger partial charge on any atom is -0.508 e. The minimum absolute atomic E-state index is 0.00775. The second kappa shape index (κ2) is 12.8. The molecule has 2 heterocycles. The minimum atomic E-state index is -0.571. The molecule has 0 amide bonds. The fourth-order valence-corrected chi connectivity index (χ4v) is 5.92. The van der Waals surface area contributed by atoms with Crippen molar-refractivity contribution in [2.45, 2.75) is 43.2 Å². The molecule has 0 aliphatic carbocycles. The number of hydrogen-bond acceptors (Lipinski definition) is 9. The molecule has 10 heteroatoms. The van der Waals surface area contributed by atoms with E-state index < -0.39 is 6.29 Å². The van der Waals surface area contributed by atoms with E-state index in [0.717, 1.165) is 39.1 Å². The van der Waals surface area contributed by atoms with Crippen molar-refractivity contribution in [3.63, 3.8) is 0 Å². The molecule has 1 saturated heterocycles. The lowest BCUT2D eigenvalue weighted by atomic mass is 9.98. The molecule has 1 aromatic heterocycles. The lowest BCUT2D eigenvalue weighted by molar-refractivity contribution is -0.245. The summed E-state index contributed by atoms with van der Waals surface area (Å²) in [6.45, 7) is 0.463. The highest BCUT2D eigenvalue weighted by molar-refractivity contribution is 7.99. The van der Waals surface area contributed by atoms with Crippen LogP contribution in [0.2, 0.25) is 0 Å². The van der Waals surface area contributed by atoms with Gasteiger partial charge < -0.3 is 25.4 Å². The number of aromatic hydroxyl groups is 1. The third-order valence-corrected chi connectivity index (χ3v) is 8.33. The molecular formula is C32H31N5O4S. The maximum atomic E-state index is 9.65. The molecule has 42 heavy (non-hydrogen) atoms. The van der Waals surface area contributed by atoms with Crippen LogP contribution in [0, 0.1) is 0 Å². The monoisotopic (exact) mass is 581 g/mol. The second-order valence-corrected chi connectivity index (χ2v) is 11.0. The molecule has 0 bridgehead atoms. The van der Waals surface area contributed by atoms with Crippen LogP contribution in [0.1, 0.15) is 41.1 Å². The van der Waals surface area contributed by atoms with Crippen LogP contribution < -0.4 is 5.73 Å². The number of phenols is 1. The van der Waals surface area contributed by atoms with Crippen molar-refractivity contribution in [1.82, 2.24) is 20.2 Å². The Bertz CT molecular complexity index is 1610. The van der Waals surface area contributed by atoms with E-state index in [1.54, 1.807) is 28.9 Å².